The van der Waals surface area contributed by atoms with Crippen molar-refractivity contribution in [2.75, 3.05) is 0 Å². The minimum absolute atomic E-state index is 0.938. The summed E-state index contributed by atoms with van der Waals surface area (Å²) >= 11 is 0. The molecule has 8 fully saturated rings. The zero-order valence-electron chi connectivity index (χ0n) is 26.1. The normalized spacial score (nSPS) is 45.8. The maximum absolute atomic E-state index is 2.45. The van der Waals surface area contributed by atoms with Gasteiger partial charge in [0.25, 0.3) is 0 Å². The molecule has 0 N–H and O–H groups in total. The fourth-order valence-corrected chi connectivity index (χ4v) is 11.9. The Morgan fingerprint density at radius 2 is 0.892 bits per heavy atom. The van der Waals surface area contributed by atoms with Gasteiger partial charge in [-0.25, -0.2) is 0 Å². The second-order valence-corrected chi connectivity index (χ2v) is 16.9. The smallest absolute Gasteiger partial charge is 0.0334 e. The minimum Gasteiger partial charge on any atom is -0.0625 e. The van der Waals surface area contributed by atoms with E-state index in [1.807, 2.05) is 0 Å². The number of hydrogen-bond donors (Lipinski definition) is 0. The summed E-state index contributed by atoms with van der Waals surface area (Å²) in [5.41, 5.74) is 0. The molecule has 0 aromatic heterocycles. The zero-order chi connectivity index (χ0) is 26.1. The summed E-state index contributed by atoms with van der Waals surface area (Å²) in [6.45, 7) is 14.6. The van der Waals surface area contributed by atoms with E-state index >= 15 is 0 Å². The molecule has 8 aliphatic carbocycles. The minimum atomic E-state index is 0.938. The quantitative estimate of drug-likeness (QED) is 0.354. The van der Waals surface area contributed by atoms with Gasteiger partial charge >= 0.3 is 0 Å². The second kappa shape index (κ2) is 12.7. The van der Waals surface area contributed by atoms with E-state index in [-0.39, 0.29) is 0 Å². The molecule has 214 valence electrons. The SMILES string of the molecule is CC(C)C1C2CC3CC(C2)CC1C3.CC(C)C1CC2CCCC(C2)C1.CC(C)C1CCC2CCCC1C2. The van der Waals surface area contributed by atoms with E-state index in [1.165, 1.54) is 19.3 Å². The van der Waals surface area contributed by atoms with Crippen molar-refractivity contribution in [2.24, 2.45) is 82.9 Å². The molecule has 0 nitrogen and oxygen atoms in total. The molecular weight excluding hydrogens is 444 g/mol. The molecule has 8 bridgehead atoms. The van der Waals surface area contributed by atoms with Crippen LogP contribution in [0.1, 0.15) is 151 Å². The largest absolute Gasteiger partial charge is 0.0625 e. The first kappa shape index (κ1) is 28.5. The third-order valence-electron chi connectivity index (χ3n) is 13.4. The van der Waals surface area contributed by atoms with Crippen molar-refractivity contribution in [1.82, 2.24) is 0 Å². The Balaban J connectivity index is 0.000000114. The van der Waals surface area contributed by atoms with Crippen molar-refractivity contribution in [3.05, 3.63) is 0 Å². The molecule has 0 aliphatic heterocycles. The predicted molar refractivity (Wildman–Crippen MR) is 161 cm³/mol. The molecule has 0 saturated heterocycles. The van der Waals surface area contributed by atoms with E-state index in [0.29, 0.717) is 0 Å². The Hall–Kier alpha value is 0. The van der Waals surface area contributed by atoms with Crippen LogP contribution in [-0.2, 0) is 0 Å². The van der Waals surface area contributed by atoms with Crippen LogP contribution in [0.15, 0.2) is 0 Å². The fourth-order valence-electron chi connectivity index (χ4n) is 11.9. The van der Waals surface area contributed by atoms with Gasteiger partial charge in [0.1, 0.15) is 0 Å². The molecule has 5 atom stereocenters. The van der Waals surface area contributed by atoms with Gasteiger partial charge in [0.2, 0.25) is 0 Å². The third kappa shape index (κ3) is 7.02. The van der Waals surface area contributed by atoms with Gasteiger partial charge in [0, 0.05) is 0 Å². The molecule has 0 heteroatoms. The molecule has 0 spiro atoms. The van der Waals surface area contributed by atoms with E-state index < -0.39 is 0 Å². The lowest BCUT2D eigenvalue weighted by molar-refractivity contribution is -0.0552. The van der Waals surface area contributed by atoms with E-state index in [0.717, 1.165) is 82.9 Å². The summed E-state index contributed by atoms with van der Waals surface area (Å²) in [4.78, 5) is 0. The predicted octanol–water partition coefficient (Wildman–Crippen LogP) is 11.4. The Morgan fingerprint density at radius 1 is 0.378 bits per heavy atom. The Kier molecular flexibility index (Phi) is 9.77. The van der Waals surface area contributed by atoms with Gasteiger partial charge < -0.3 is 0 Å². The maximum atomic E-state index is 2.45. The van der Waals surface area contributed by atoms with Crippen molar-refractivity contribution < 1.29 is 0 Å². The van der Waals surface area contributed by atoms with Crippen molar-refractivity contribution in [3.8, 4) is 0 Å². The first-order valence-electron chi connectivity index (χ1n) is 17.8. The highest BCUT2D eigenvalue weighted by Crippen LogP contribution is 2.58. The summed E-state index contributed by atoms with van der Waals surface area (Å²) in [6.07, 6.45) is 26.5. The lowest BCUT2D eigenvalue weighted by Crippen LogP contribution is -2.46. The van der Waals surface area contributed by atoms with E-state index in [4.69, 9.17) is 0 Å². The Bertz CT molecular complexity index is 646. The lowest BCUT2D eigenvalue weighted by Gasteiger charge is -2.55. The monoisotopic (exact) mass is 511 g/mol. The van der Waals surface area contributed by atoms with Crippen LogP contribution in [0, 0.1) is 82.9 Å². The summed E-state index contributed by atoms with van der Waals surface area (Å²) in [7, 11) is 0. The Morgan fingerprint density at radius 3 is 1.43 bits per heavy atom. The number of fused-ring (bicyclic) bond motifs is 4. The van der Waals surface area contributed by atoms with Crippen LogP contribution >= 0.6 is 0 Å². The summed E-state index contributed by atoms with van der Waals surface area (Å²) < 4.78 is 0. The van der Waals surface area contributed by atoms with Gasteiger partial charge in [-0.1, -0.05) is 86.5 Å². The molecule has 0 radical (unpaired) electrons. The highest BCUT2D eigenvalue weighted by atomic mass is 14.5. The topological polar surface area (TPSA) is 0 Å². The van der Waals surface area contributed by atoms with Crippen molar-refractivity contribution in [1.29, 1.82) is 0 Å². The van der Waals surface area contributed by atoms with E-state index in [9.17, 15) is 0 Å². The van der Waals surface area contributed by atoms with Gasteiger partial charge in [-0.15, -0.1) is 0 Å². The van der Waals surface area contributed by atoms with Gasteiger partial charge in [-0.3, -0.25) is 0 Å². The first-order chi connectivity index (χ1) is 17.8. The molecule has 8 aliphatic rings. The fraction of sp³-hybridized carbons (Fsp3) is 1.00. The molecule has 5 unspecified atom stereocenters. The highest BCUT2D eigenvalue weighted by Gasteiger charge is 2.48. The second-order valence-electron chi connectivity index (χ2n) is 16.9. The third-order valence-corrected chi connectivity index (χ3v) is 13.4. The van der Waals surface area contributed by atoms with E-state index in [1.54, 1.807) is 89.9 Å². The van der Waals surface area contributed by atoms with E-state index in [2.05, 4.69) is 41.5 Å². The van der Waals surface area contributed by atoms with Gasteiger partial charge in [0.15, 0.2) is 0 Å². The van der Waals surface area contributed by atoms with Gasteiger partial charge in [-0.05, 0) is 147 Å². The van der Waals surface area contributed by atoms with Gasteiger partial charge in [-0.2, -0.15) is 0 Å². The van der Waals surface area contributed by atoms with Crippen LogP contribution in [0.4, 0.5) is 0 Å². The molecular formula is C37H66. The highest BCUT2D eigenvalue weighted by molar-refractivity contribution is 4.98. The molecule has 8 rings (SSSR count). The summed E-state index contributed by atoms with van der Waals surface area (Å²) in [5, 5.41) is 0. The van der Waals surface area contributed by atoms with Crippen LogP contribution in [0.3, 0.4) is 0 Å². The molecule has 0 heterocycles. The van der Waals surface area contributed by atoms with Gasteiger partial charge in [0.05, 0.1) is 0 Å². The van der Waals surface area contributed by atoms with Crippen molar-refractivity contribution in [3.63, 3.8) is 0 Å². The molecule has 8 saturated carbocycles. The summed E-state index contributed by atoms with van der Waals surface area (Å²) in [5.74, 6) is 15.1. The first-order valence-corrected chi connectivity index (χ1v) is 17.8. The molecule has 0 aromatic rings. The number of hydrogen-bond acceptors (Lipinski definition) is 0. The summed E-state index contributed by atoms with van der Waals surface area (Å²) in [6, 6.07) is 0. The Labute approximate surface area is 233 Å². The van der Waals surface area contributed by atoms with Crippen LogP contribution in [0.25, 0.3) is 0 Å². The van der Waals surface area contributed by atoms with Crippen LogP contribution in [0.5, 0.6) is 0 Å². The van der Waals surface area contributed by atoms with Crippen LogP contribution in [0.2, 0.25) is 0 Å². The lowest BCUT2D eigenvalue weighted by atomic mass is 9.50. The van der Waals surface area contributed by atoms with Crippen LogP contribution < -0.4 is 0 Å². The average Bonchev–Trinajstić information content (AvgIpc) is 2.84. The average molecular weight is 511 g/mol. The molecule has 0 aromatic carbocycles. The molecule has 0 amide bonds. The van der Waals surface area contributed by atoms with Crippen LogP contribution in [-0.4, -0.2) is 0 Å². The zero-order valence-corrected chi connectivity index (χ0v) is 26.1. The maximum Gasteiger partial charge on any atom is -0.0334 e. The molecule has 37 heavy (non-hydrogen) atoms. The van der Waals surface area contributed by atoms with Crippen molar-refractivity contribution in [2.45, 2.75) is 151 Å². The van der Waals surface area contributed by atoms with Crippen molar-refractivity contribution >= 4 is 0 Å². The standard InChI is InChI=1S/C13H22.2C12H22/c1-8(2)13-11-4-9-3-10(6-11)7-12(13)5-9;1-9(2)12-7-10-4-3-5-11(6-10)8-12;1-9(2)12-7-6-10-4-3-5-11(12)8-10/h8-13H,3-7H2,1-2H3;2*9-12H,3-8H2,1-2H3. The number of rotatable bonds is 3.